The molecule has 2 aromatic rings. The number of ether oxygens (including phenoxy) is 5. The van der Waals surface area contributed by atoms with Gasteiger partial charge in [-0.3, -0.25) is 4.79 Å². The first-order chi connectivity index (χ1) is 14.4. The van der Waals surface area contributed by atoms with E-state index in [1.54, 1.807) is 14.2 Å². The molecule has 0 unspecified atom stereocenters. The Bertz CT molecular complexity index is 1030. The summed E-state index contributed by atoms with van der Waals surface area (Å²) in [5.41, 5.74) is 4.38. The molecule has 0 fully saturated rings. The normalized spacial score (nSPS) is 25.6. The first-order valence-electron chi connectivity index (χ1n) is 10.1. The van der Waals surface area contributed by atoms with Crippen molar-refractivity contribution in [3.05, 3.63) is 46.5 Å². The van der Waals surface area contributed by atoms with Gasteiger partial charge in [-0.25, -0.2) is 0 Å². The third-order valence-electron chi connectivity index (χ3n) is 6.61. The second-order valence-corrected chi connectivity index (χ2v) is 8.36. The molecule has 7 heteroatoms. The highest BCUT2D eigenvalue weighted by atomic mass is 16.7. The Morgan fingerprint density at radius 2 is 1.87 bits per heavy atom. The Morgan fingerprint density at radius 1 is 1.10 bits per heavy atom. The Balaban J connectivity index is 1.72. The predicted octanol–water partition coefficient (Wildman–Crippen LogP) is 3.29. The molecule has 0 radical (unpaired) electrons. The number of carbonyl (C=O) groups excluding carboxylic acids is 1. The Kier molecular flexibility index (Phi) is 4.32. The van der Waals surface area contributed by atoms with Crippen LogP contribution in [-0.4, -0.2) is 45.1 Å². The van der Waals surface area contributed by atoms with Gasteiger partial charge in [0, 0.05) is 24.5 Å². The van der Waals surface area contributed by atoms with Crippen molar-refractivity contribution in [3.8, 4) is 23.0 Å². The highest BCUT2D eigenvalue weighted by Gasteiger charge is 2.52. The summed E-state index contributed by atoms with van der Waals surface area (Å²) in [4.78, 5) is 12.1. The van der Waals surface area contributed by atoms with Crippen LogP contribution >= 0.6 is 0 Å². The maximum absolute atomic E-state index is 12.1. The Labute approximate surface area is 175 Å². The first kappa shape index (κ1) is 19.1. The molecule has 5 rings (SSSR count). The topological polar surface area (TPSA) is 63.2 Å². The van der Waals surface area contributed by atoms with E-state index >= 15 is 0 Å². The van der Waals surface area contributed by atoms with Crippen molar-refractivity contribution in [2.45, 2.75) is 32.0 Å². The molecule has 158 valence electrons. The number of rotatable bonds is 3. The zero-order valence-corrected chi connectivity index (χ0v) is 17.7. The van der Waals surface area contributed by atoms with E-state index in [4.69, 9.17) is 23.7 Å². The summed E-state index contributed by atoms with van der Waals surface area (Å²) in [6, 6.07) is 7.98. The molecule has 0 spiro atoms. The molecular weight excluding hydrogens is 386 g/mol. The number of hydrogen-bond donors (Lipinski definition) is 0. The van der Waals surface area contributed by atoms with Crippen molar-refractivity contribution < 1.29 is 33.0 Å². The van der Waals surface area contributed by atoms with Crippen LogP contribution in [0.1, 0.15) is 41.3 Å². The van der Waals surface area contributed by atoms with E-state index in [9.17, 15) is 4.79 Å². The average molecular weight is 412 g/mol. The molecule has 30 heavy (non-hydrogen) atoms. The molecule has 7 nitrogen and oxygen atoms in total. The van der Waals surface area contributed by atoms with Gasteiger partial charge in [0.2, 0.25) is 6.79 Å². The van der Waals surface area contributed by atoms with Gasteiger partial charge >= 0.3 is 5.97 Å². The fourth-order valence-corrected chi connectivity index (χ4v) is 5.28. The maximum Gasteiger partial charge on any atom is 0.303 e. The van der Waals surface area contributed by atoms with Gasteiger partial charge in [0.05, 0.1) is 33.4 Å². The highest BCUT2D eigenvalue weighted by Crippen LogP contribution is 2.54. The second kappa shape index (κ2) is 6.80. The van der Waals surface area contributed by atoms with Crippen LogP contribution in [-0.2, 0) is 22.5 Å². The van der Waals surface area contributed by atoms with E-state index in [-0.39, 0.29) is 18.8 Å². The van der Waals surface area contributed by atoms with Crippen LogP contribution in [0.5, 0.6) is 23.0 Å². The summed E-state index contributed by atoms with van der Waals surface area (Å²) in [6.45, 7) is 3.37. The molecule has 0 saturated heterocycles. The molecule has 3 atom stereocenters. The molecule has 3 aliphatic rings. The number of esters is 1. The van der Waals surface area contributed by atoms with Gasteiger partial charge in [-0.15, -0.1) is 0 Å². The minimum atomic E-state index is -0.435. The van der Waals surface area contributed by atoms with Crippen molar-refractivity contribution in [1.29, 1.82) is 0 Å². The van der Waals surface area contributed by atoms with Crippen molar-refractivity contribution in [1.82, 2.24) is 0 Å². The number of nitrogens with zero attached hydrogens (tertiary/aromatic N) is 1. The minimum absolute atomic E-state index is 0.0437. The molecule has 0 bridgehead atoms. The van der Waals surface area contributed by atoms with Crippen molar-refractivity contribution in [2.24, 2.45) is 0 Å². The quantitative estimate of drug-likeness (QED) is 0.570. The Morgan fingerprint density at radius 3 is 2.57 bits per heavy atom. The van der Waals surface area contributed by atoms with E-state index in [1.807, 2.05) is 12.1 Å². The van der Waals surface area contributed by atoms with E-state index in [2.05, 4.69) is 19.2 Å². The third-order valence-corrected chi connectivity index (χ3v) is 6.61. The second-order valence-electron chi connectivity index (χ2n) is 8.36. The summed E-state index contributed by atoms with van der Waals surface area (Å²) in [5.74, 6) is 2.63. The van der Waals surface area contributed by atoms with Gasteiger partial charge in [0.15, 0.2) is 35.1 Å². The molecule has 0 amide bonds. The molecule has 3 heterocycles. The lowest BCUT2D eigenvalue weighted by Crippen LogP contribution is -2.55. The fraction of sp³-hybridized carbons (Fsp3) is 0.435. The first-order valence-corrected chi connectivity index (χ1v) is 10.1. The molecule has 0 aromatic heterocycles. The van der Waals surface area contributed by atoms with Gasteiger partial charge in [-0.1, -0.05) is 6.07 Å². The smallest absolute Gasteiger partial charge is 0.303 e. The lowest BCUT2D eigenvalue weighted by molar-refractivity contribution is -0.960. The summed E-state index contributed by atoms with van der Waals surface area (Å²) < 4.78 is 29.2. The lowest BCUT2D eigenvalue weighted by Gasteiger charge is -2.51. The standard InChI is InChI=1S/C23H26NO6/c1-13(25)30-23-15-5-6-18(26-3)22(27-4)17(15)11-24(2)8-7-14-9-19-20(29-12-28-19)10-16(14)21(23)24/h5-6,9-10,21,23H,7-8,11-12H2,1-4H3/q+1/t21-,23-,24+/m1/s1. The molecule has 3 aliphatic heterocycles. The summed E-state index contributed by atoms with van der Waals surface area (Å²) >= 11 is 0. The largest absolute Gasteiger partial charge is 0.493 e. The van der Waals surface area contributed by atoms with Gasteiger partial charge < -0.3 is 28.2 Å². The van der Waals surface area contributed by atoms with Crippen molar-refractivity contribution in [2.75, 3.05) is 34.6 Å². The van der Waals surface area contributed by atoms with E-state index in [0.717, 1.165) is 47.7 Å². The monoisotopic (exact) mass is 412 g/mol. The molecular formula is C23H26NO6+. The number of hydrogen-bond acceptors (Lipinski definition) is 6. The van der Waals surface area contributed by atoms with Crippen LogP contribution in [0.15, 0.2) is 24.3 Å². The van der Waals surface area contributed by atoms with Crippen LogP contribution in [0, 0.1) is 0 Å². The Hall–Kier alpha value is -2.93. The van der Waals surface area contributed by atoms with Crippen LogP contribution in [0.2, 0.25) is 0 Å². The third kappa shape index (κ3) is 2.72. The van der Waals surface area contributed by atoms with Crippen molar-refractivity contribution >= 4 is 5.97 Å². The molecule has 0 aliphatic carbocycles. The predicted molar refractivity (Wildman–Crippen MR) is 108 cm³/mol. The molecule has 0 N–H and O–H groups in total. The number of likely N-dealkylation sites (N-methyl/N-ethyl adjacent to an activating group) is 1. The zero-order chi connectivity index (χ0) is 21.0. The van der Waals surface area contributed by atoms with Gasteiger partial charge in [0.1, 0.15) is 6.54 Å². The number of carbonyl (C=O) groups is 1. The zero-order valence-electron chi connectivity index (χ0n) is 17.7. The fourth-order valence-electron chi connectivity index (χ4n) is 5.28. The average Bonchev–Trinajstić information content (AvgIpc) is 3.17. The summed E-state index contributed by atoms with van der Waals surface area (Å²) in [7, 11) is 5.50. The SMILES string of the molecule is COc1ccc2c(c1OC)C[N@+]1(C)CCc3cc4c(cc3[C@@H]1[C@@H]2OC(C)=O)OCO4. The van der Waals surface area contributed by atoms with Crippen LogP contribution in [0.25, 0.3) is 0 Å². The minimum Gasteiger partial charge on any atom is -0.493 e. The summed E-state index contributed by atoms with van der Waals surface area (Å²) in [5, 5.41) is 0. The molecule has 0 saturated carbocycles. The highest BCUT2D eigenvalue weighted by molar-refractivity contribution is 5.67. The van der Waals surface area contributed by atoms with Gasteiger partial charge in [-0.05, 0) is 23.8 Å². The molecule has 2 aromatic carbocycles. The number of benzene rings is 2. The van der Waals surface area contributed by atoms with Crippen LogP contribution in [0.3, 0.4) is 0 Å². The summed E-state index contributed by atoms with van der Waals surface area (Å²) in [6.07, 6.45) is 0.475. The number of methoxy groups -OCH3 is 2. The van der Waals surface area contributed by atoms with E-state index < -0.39 is 6.10 Å². The van der Waals surface area contributed by atoms with E-state index in [1.165, 1.54) is 12.5 Å². The van der Waals surface area contributed by atoms with E-state index in [0.29, 0.717) is 16.0 Å². The van der Waals surface area contributed by atoms with Crippen LogP contribution < -0.4 is 18.9 Å². The van der Waals surface area contributed by atoms with Gasteiger partial charge in [0.25, 0.3) is 0 Å². The van der Waals surface area contributed by atoms with Crippen LogP contribution in [0.4, 0.5) is 0 Å². The number of fused-ring (bicyclic) bond motifs is 5. The van der Waals surface area contributed by atoms with Crippen molar-refractivity contribution in [3.63, 3.8) is 0 Å². The lowest BCUT2D eigenvalue weighted by atomic mass is 9.79. The maximum atomic E-state index is 12.1. The van der Waals surface area contributed by atoms with Gasteiger partial charge in [-0.2, -0.15) is 0 Å². The number of quaternary nitrogens is 1.